The van der Waals surface area contributed by atoms with Gasteiger partial charge in [0.1, 0.15) is 0 Å². The standard InChI is InChI=1S/C21H20N2O3/c1-13-10-15-11-16(6-7-19(15)23(2)21(13)25)22-20(24)18-5-3-4-14-12-26-9-8-17(14)18/h3-7,10-11H,8-9,12H2,1-2H3,(H,22,24). The minimum absolute atomic E-state index is 0.00702. The van der Waals surface area contributed by atoms with Crippen LogP contribution in [0.5, 0.6) is 0 Å². The van der Waals surface area contributed by atoms with Crippen LogP contribution in [0, 0.1) is 6.92 Å². The van der Waals surface area contributed by atoms with Crippen LogP contribution in [0.2, 0.25) is 0 Å². The Kier molecular flexibility index (Phi) is 4.09. The maximum atomic E-state index is 12.8. The van der Waals surface area contributed by atoms with Crippen molar-refractivity contribution in [3.63, 3.8) is 0 Å². The summed E-state index contributed by atoms with van der Waals surface area (Å²) in [7, 11) is 1.76. The van der Waals surface area contributed by atoms with E-state index in [1.807, 2.05) is 42.5 Å². The summed E-state index contributed by atoms with van der Waals surface area (Å²) in [5.74, 6) is -0.121. The zero-order valence-electron chi connectivity index (χ0n) is 14.8. The fraction of sp³-hybridized carbons (Fsp3) is 0.238. The second-order valence-corrected chi connectivity index (χ2v) is 6.67. The number of pyridine rings is 1. The summed E-state index contributed by atoms with van der Waals surface area (Å²) < 4.78 is 7.10. The van der Waals surface area contributed by atoms with Crippen LogP contribution in [0.25, 0.3) is 10.9 Å². The first-order valence-corrected chi connectivity index (χ1v) is 8.65. The van der Waals surface area contributed by atoms with Gasteiger partial charge in [0.15, 0.2) is 0 Å². The van der Waals surface area contributed by atoms with Crippen LogP contribution in [0.4, 0.5) is 5.69 Å². The predicted octanol–water partition coefficient (Wildman–Crippen LogP) is 3.17. The quantitative estimate of drug-likeness (QED) is 0.774. The lowest BCUT2D eigenvalue weighted by molar-refractivity contribution is 0.100. The average Bonchev–Trinajstić information content (AvgIpc) is 2.65. The lowest BCUT2D eigenvalue weighted by Crippen LogP contribution is -2.20. The SMILES string of the molecule is Cc1cc2cc(NC(=O)c3cccc4c3CCOC4)ccc2n(C)c1=O. The lowest BCUT2D eigenvalue weighted by Gasteiger charge is -2.19. The van der Waals surface area contributed by atoms with E-state index in [0.717, 1.165) is 28.5 Å². The van der Waals surface area contributed by atoms with Crippen LogP contribution in [0.3, 0.4) is 0 Å². The first-order valence-electron chi connectivity index (χ1n) is 8.65. The number of nitrogens with one attached hydrogen (secondary N) is 1. The first-order chi connectivity index (χ1) is 12.5. The molecule has 0 aliphatic carbocycles. The number of aromatic nitrogens is 1. The second-order valence-electron chi connectivity index (χ2n) is 6.67. The number of benzene rings is 2. The van der Waals surface area contributed by atoms with Gasteiger partial charge in [0.05, 0.1) is 18.7 Å². The van der Waals surface area contributed by atoms with E-state index in [1.165, 1.54) is 0 Å². The molecular formula is C21H20N2O3. The van der Waals surface area contributed by atoms with Gasteiger partial charge < -0.3 is 14.6 Å². The molecule has 5 heteroatoms. The zero-order chi connectivity index (χ0) is 18.3. The number of hydrogen-bond acceptors (Lipinski definition) is 3. The maximum absolute atomic E-state index is 12.8. The number of ether oxygens (including phenoxy) is 1. The fourth-order valence-electron chi connectivity index (χ4n) is 3.55. The van der Waals surface area contributed by atoms with E-state index >= 15 is 0 Å². The number of amides is 1. The summed E-state index contributed by atoms with van der Waals surface area (Å²) >= 11 is 0. The Morgan fingerprint density at radius 3 is 2.88 bits per heavy atom. The van der Waals surface area contributed by atoms with E-state index in [0.29, 0.717) is 30.0 Å². The molecule has 0 bridgehead atoms. The number of hydrogen-bond donors (Lipinski definition) is 1. The Hall–Kier alpha value is -2.92. The summed E-state index contributed by atoms with van der Waals surface area (Å²) in [6, 6.07) is 13.2. The zero-order valence-corrected chi connectivity index (χ0v) is 14.8. The van der Waals surface area contributed by atoms with Crippen molar-refractivity contribution >= 4 is 22.5 Å². The van der Waals surface area contributed by atoms with Crippen molar-refractivity contribution in [1.29, 1.82) is 0 Å². The third kappa shape index (κ3) is 2.80. The van der Waals surface area contributed by atoms with Gasteiger partial charge in [0.2, 0.25) is 0 Å². The molecule has 5 nitrogen and oxygen atoms in total. The highest BCUT2D eigenvalue weighted by Crippen LogP contribution is 2.23. The molecule has 1 aliphatic heterocycles. The molecule has 132 valence electrons. The molecule has 0 atom stereocenters. The minimum Gasteiger partial charge on any atom is -0.376 e. The summed E-state index contributed by atoms with van der Waals surface area (Å²) in [5.41, 5.74) is 5.07. The van der Waals surface area contributed by atoms with Crippen molar-refractivity contribution in [2.75, 3.05) is 11.9 Å². The molecule has 0 radical (unpaired) electrons. The molecule has 0 spiro atoms. The van der Waals surface area contributed by atoms with E-state index in [2.05, 4.69) is 5.32 Å². The van der Waals surface area contributed by atoms with Crippen molar-refractivity contribution in [2.24, 2.45) is 7.05 Å². The topological polar surface area (TPSA) is 60.3 Å². The predicted molar refractivity (Wildman–Crippen MR) is 102 cm³/mol. The highest BCUT2D eigenvalue weighted by atomic mass is 16.5. The molecule has 26 heavy (non-hydrogen) atoms. The average molecular weight is 348 g/mol. The molecule has 0 fully saturated rings. The van der Waals surface area contributed by atoms with Gasteiger partial charge in [0, 0.05) is 29.2 Å². The van der Waals surface area contributed by atoms with Gasteiger partial charge in [-0.25, -0.2) is 0 Å². The molecule has 4 rings (SSSR count). The van der Waals surface area contributed by atoms with E-state index in [1.54, 1.807) is 18.5 Å². The Bertz CT molecular complexity index is 1080. The lowest BCUT2D eigenvalue weighted by atomic mass is 9.96. The molecule has 0 saturated carbocycles. The number of carbonyl (C=O) groups excluding carboxylic acids is 1. The monoisotopic (exact) mass is 348 g/mol. The summed E-state index contributed by atoms with van der Waals surface area (Å²) in [6.45, 7) is 2.99. The third-order valence-electron chi connectivity index (χ3n) is 4.93. The van der Waals surface area contributed by atoms with Crippen LogP contribution in [0.15, 0.2) is 47.3 Å². The molecule has 2 aromatic carbocycles. The van der Waals surface area contributed by atoms with Gasteiger partial charge in [0.25, 0.3) is 11.5 Å². The van der Waals surface area contributed by atoms with Crippen molar-refractivity contribution in [3.05, 3.63) is 75.1 Å². The van der Waals surface area contributed by atoms with Crippen molar-refractivity contribution in [1.82, 2.24) is 4.57 Å². The molecule has 3 aromatic rings. The van der Waals surface area contributed by atoms with Crippen LogP contribution in [-0.4, -0.2) is 17.1 Å². The van der Waals surface area contributed by atoms with Gasteiger partial charge in [-0.2, -0.15) is 0 Å². The van der Waals surface area contributed by atoms with Crippen molar-refractivity contribution in [2.45, 2.75) is 20.0 Å². The third-order valence-corrected chi connectivity index (χ3v) is 4.93. The van der Waals surface area contributed by atoms with Crippen LogP contribution in [-0.2, 0) is 24.8 Å². The Balaban J connectivity index is 1.68. The number of fused-ring (bicyclic) bond motifs is 2. The van der Waals surface area contributed by atoms with E-state index in [4.69, 9.17) is 4.74 Å². The summed E-state index contributed by atoms with van der Waals surface area (Å²) in [6.07, 6.45) is 0.748. The summed E-state index contributed by atoms with van der Waals surface area (Å²) in [4.78, 5) is 24.9. The van der Waals surface area contributed by atoms with Crippen LogP contribution in [0.1, 0.15) is 27.0 Å². The highest BCUT2D eigenvalue weighted by Gasteiger charge is 2.18. The Morgan fingerprint density at radius 2 is 2.04 bits per heavy atom. The van der Waals surface area contributed by atoms with Gasteiger partial charge in [-0.15, -0.1) is 0 Å². The van der Waals surface area contributed by atoms with E-state index in [-0.39, 0.29) is 11.5 Å². The molecule has 1 N–H and O–H groups in total. The number of aryl methyl sites for hydroxylation is 2. The molecule has 0 unspecified atom stereocenters. The fourth-order valence-corrected chi connectivity index (χ4v) is 3.55. The molecule has 1 amide bonds. The number of nitrogens with zero attached hydrogens (tertiary/aromatic N) is 1. The maximum Gasteiger partial charge on any atom is 0.255 e. The van der Waals surface area contributed by atoms with Gasteiger partial charge >= 0.3 is 0 Å². The van der Waals surface area contributed by atoms with Gasteiger partial charge in [-0.05, 0) is 54.8 Å². The number of anilines is 1. The van der Waals surface area contributed by atoms with Crippen LogP contribution >= 0.6 is 0 Å². The molecular weight excluding hydrogens is 328 g/mol. The van der Waals surface area contributed by atoms with Gasteiger partial charge in [-0.3, -0.25) is 9.59 Å². The Labute approximate surface area is 151 Å². The van der Waals surface area contributed by atoms with Gasteiger partial charge in [-0.1, -0.05) is 12.1 Å². The molecule has 2 heterocycles. The van der Waals surface area contributed by atoms with E-state index in [9.17, 15) is 9.59 Å². The number of rotatable bonds is 2. The molecule has 0 saturated heterocycles. The largest absolute Gasteiger partial charge is 0.376 e. The normalized spacial score (nSPS) is 13.5. The first kappa shape index (κ1) is 16.5. The molecule has 1 aromatic heterocycles. The van der Waals surface area contributed by atoms with Crippen molar-refractivity contribution < 1.29 is 9.53 Å². The molecule has 1 aliphatic rings. The van der Waals surface area contributed by atoms with Crippen LogP contribution < -0.4 is 10.9 Å². The smallest absolute Gasteiger partial charge is 0.255 e. The van der Waals surface area contributed by atoms with Crippen molar-refractivity contribution in [3.8, 4) is 0 Å². The Morgan fingerprint density at radius 1 is 1.19 bits per heavy atom. The minimum atomic E-state index is -0.121. The summed E-state index contributed by atoms with van der Waals surface area (Å²) in [5, 5.41) is 3.91. The second kappa shape index (κ2) is 6.42. The van der Waals surface area contributed by atoms with E-state index < -0.39 is 0 Å². The number of carbonyl (C=O) groups is 1. The highest BCUT2D eigenvalue weighted by molar-refractivity contribution is 6.06.